The second kappa shape index (κ2) is 11.9. The predicted octanol–water partition coefficient (Wildman–Crippen LogP) is 2.67. The van der Waals surface area contributed by atoms with E-state index in [1.807, 2.05) is 0 Å². The van der Waals surface area contributed by atoms with Gasteiger partial charge in [0, 0.05) is 38.2 Å². The number of carbonyl (C=O) groups is 2. The van der Waals surface area contributed by atoms with E-state index in [9.17, 15) is 22.4 Å². The van der Waals surface area contributed by atoms with Gasteiger partial charge in [-0.05, 0) is 32.9 Å². The first-order valence-corrected chi connectivity index (χ1v) is 14.5. The molecule has 0 saturated carbocycles. The lowest BCUT2D eigenvalue weighted by Gasteiger charge is -2.35. The molecule has 1 atom stereocenters. The van der Waals surface area contributed by atoms with Crippen LogP contribution in [-0.2, 0) is 29.1 Å². The molecule has 3 heterocycles. The zero-order valence-corrected chi connectivity index (χ0v) is 23.4. The number of halogens is 1. The Bertz CT molecular complexity index is 1310. The van der Waals surface area contributed by atoms with E-state index >= 15 is 0 Å². The van der Waals surface area contributed by atoms with Crippen LogP contribution in [-0.4, -0.2) is 91.4 Å². The molecule has 4 rings (SSSR count). The fraction of sp³-hybridized carbons (Fsp3) is 0.500. The van der Waals surface area contributed by atoms with Crippen LogP contribution in [0.3, 0.4) is 0 Å². The smallest absolute Gasteiger partial charge is 0.410 e. The summed E-state index contributed by atoms with van der Waals surface area (Å²) in [4.78, 5) is 36.0. The van der Waals surface area contributed by atoms with Crippen LogP contribution in [0.25, 0.3) is 0 Å². The highest BCUT2D eigenvalue weighted by Gasteiger charge is 2.32. The fourth-order valence-electron chi connectivity index (χ4n) is 3.79. The van der Waals surface area contributed by atoms with E-state index in [1.165, 1.54) is 33.5 Å². The summed E-state index contributed by atoms with van der Waals surface area (Å²) in [6, 6.07) is 5.63. The van der Waals surface area contributed by atoms with Gasteiger partial charge in [-0.2, -0.15) is 8.70 Å². The second-order valence-electron chi connectivity index (χ2n) is 9.85. The van der Waals surface area contributed by atoms with Gasteiger partial charge in [-0.3, -0.25) is 10.1 Å². The number of hydrogen-bond acceptors (Lipinski definition) is 10. The van der Waals surface area contributed by atoms with Crippen LogP contribution in [0.5, 0.6) is 0 Å². The standard InChI is InChI=1S/C24H30FN5O7S2/c1-24(2,3)36-23(32)29-9-11-30(12-10-29)39(33,34)18-6-4-16(5-7-18)20(28-37-17-8-13-35-15-17)21(31)27-22-26-14-19(25)38-22/h4-7,14,17H,8-13,15H2,1-3H3,(H,26,27,31)/b28-20+/t17-/m1/s1. The van der Waals surface area contributed by atoms with E-state index in [0.717, 1.165) is 6.20 Å². The van der Waals surface area contributed by atoms with Crippen molar-refractivity contribution in [2.45, 2.75) is 43.8 Å². The highest BCUT2D eigenvalue weighted by molar-refractivity contribution is 7.89. The number of ether oxygens (including phenoxy) is 2. The molecule has 0 bridgehead atoms. The number of carbonyl (C=O) groups excluding carboxylic acids is 2. The van der Waals surface area contributed by atoms with Crippen LogP contribution in [0, 0.1) is 5.13 Å². The Morgan fingerprint density at radius 3 is 2.44 bits per heavy atom. The molecule has 2 aliphatic heterocycles. The Hall–Kier alpha value is -3.14. The number of nitrogens with one attached hydrogen (secondary N) is 1. The third kappa shape index (κ3) is 7.50. The molecule has 2 saturated heterocycles. The number of piperazine rings is 1. The summed E-state index contributed by atoms with van der Waals surface area (Å²) < 4.78 is 51.8. The molecule has 12 nitrogen and oxygen atoms in total. The summed E-state index contributed by atoms with van der Waals surface area (Å²) in [6.07, 6.45) is 0.773. The Morgan fingerprint density at radius 1 is 1.18 bits per heavy atom. The molecule has 2 aliphatic rings. The van der Waals surface area contributed by atoms with E-state index < -0.39 is 32.8 Å². The summed E-state index contributed by atoms with van der Waals surface area (Å²) in [6.45, 7) is 6.76. The number of aromatic nitrogens is 1. The first-order valence-electron chi connectivity index (χ1n) is 12.2. The zero-order valence-electron chi connectivity index (χ0n) is 21.8. The van der Waals surface area contributed by atoms with Crippen LogP contribution >= 0.6 is 11.3 Å². The zero-order chi connectivity index (χ0) is 28.2. The number of rotatable bonds is 7. The molecule has 212 valence electrons. The summed E-state index contributed by atoms with van der Waals surface area (Å²) in [5.74, 6) is -0.697. The van der Waals surface area contributed by atoms with Crippen molar-refractivity contribution in [1.29, 1.82) is 0 Å². The lowest BCUT2D eigenvalue weighted by atomic mass is 10.1. The lowest BCUT2D eigenvalue weighted by Crippen LogP contribution is -2.51. The van der Waals surface area contributed by atoms with Crippen molar-refractivity contribution in [2.75, 3.05) is 44.7 Å². The molecule has 2 amide bonds. The minimum atomic E-state index is -3.86. The van der Waals surface area contributed by atoms with Gasteiger partial charge in [-0.15, -0.1) is 0 Å². The highest BCUT2D eigenvalue weighted by Crippen LogP contribution is 2.21. The van der Waals surface area contributed by atoms with E-state index in [1.54, 1.807) is 20.8 Å². The summed E-state index contributed by atoms with van der Waals surface area (Å²) >= 11 is 0.655. The molecule has 39 heavy (non-hydrogen) atoms. The van der Waals surface area contributed by atoms with Crippen LogP contribution in [0.4, 0.5) is 14.3 Å². The molecular formula is C24H30FN5O7S2. The maximum Gasteiger partial charge on any atom is 0.410 e. The van der Waals surface area contributed by atoms with Crippen molar-refractivity contribution < 1.29 is 36.7 Å². The predicted molar refractivity (Wildman–Crippen MR) is 141 cm³/mol. The quantitative estimate of drug-likeness (QED) is 0.388. The largest absolute Gasteiger partial charge is 0.444 e. The minimum absolute atomic E-state index is 0.0174. The van der Waals surface area contributed by atoms with Crippen molar-refractivity contribution in [1.82, 2.24) is 14.2 Å². The Labute approximate surface area is 229 Å². The topological polar surface area (TPSA) is 140 Å². The number of thiazole rings is 1. The van der Waals surface area contributed by atoms with Gasteiger partial charge in [0.25, 0.3) is 5.91 Å². The number of anilines is 1. The first kappa shape index (κ1) is 28.9. The second-order valence-corrected chi connectivity index (χ2v) is 12.8. The lowest BCUT2D eigenvalue weighted by molar-refractivity contribution is -0.110. The van der Waals surface area contributed by atoms with Gasteiger partial charge in [0.2, 0.25) is 10.0 Å². The van der Waals surface area contributed by atoms with Gasteiger partial charge in [0.1, 0.15) is 5.60 Å². The van der Waals surface area contributed by atoms with Crippen molar-refractivity contribution in [3.8, 4) is 0 Å². The van der Waals surface area contributed by atoms with Gasteiger partial charge in [0.05, 0.1) is 24.3 Å². The monoisotopic (exact) mass is 583 g/mol. The molecule has 2 aromatic rings. The highest BCUT2D eigenvalue weighted by atomic mass is 32.2. The van der Waals surface area contributed by atoms with E-state index in [0.29, 0.717) is 31.0 Å². The average Bonchev–Trinajstić information content (AvgIpc) is 3.55. The molecular weight excluding hydrogens is 553 g/mol. The van der Waals surface area contributed by atoms with Crippen LogP contribution in [0.1, 0.15) is 32.8 Å². The first-order chi connectivity index (χ1) is 18.4. The molecule has 1 aromatic heterocycles. The number of amides is 2. The summed E-state index contributed by atoms with van der Waals surface area (Å²) in [5.41, 5.74) is -0.488. The average molecular weight is 584 g/mol. The van der Waals surface area contributed by atoms with Crippen molar-refractivity contribution >= 4 is 44.2 Å². The Kier molecular flexibility index (Phi) is 8.83. The molecule has 1 aromatic carbocycles. The molecule has 2 fully saturated rings. The van der Waals surface area contributed by atoms with Crippen LogP contribution in [0.15, 0.2) is 40.5 Å². The van der Waals surface area contributed by atoms with Gasteiger partial charge in [0.15, 0.2) is 22.1 Å². The van der Waals surface area contributed by atoms with Gasteiger partial charge in [-0.25, -0.2) is 18.2 Å². The third-order valence-electron chi connectivity index (χ3n) is 5.75. The van der Waals surface area contributed by atoms with Crippen molar-refractivity contribution in [2.24, 2.45) is 5.16 Å². The number of sulfonamides is 1. The number of benzene rings is 1. The Morgan fingerprint density at radius 2 is 1.87 bits per heavy atom. The van der Waals surface area contributed by atoms with Gasteiger partial charge < -0.3 is 19.2 Å². The number of nitrogens with zero attached hydrogens (tertiary/aromatic N) is 4. The molecule has 1 N–H and O–H groups in total. The van der Waals surface area contributed by atoms with Gasteiger partial charge in [-0.1, -0.05) is 28.6 Å². The van der Waals surface area contributed by atoms with Crippen molar-refractivity contribution in [3.63, 3.8) is 0 Å². The SMILES string of the molecule is CC(C)(C)OC(=O)N1CCN(S(=O)(=O)c2ccc(/C(=N\O[C@@H]3CCOC3)C(=O)Nc3ncc(F)s3)cc2)CC1. The molecule has 0 radical (unpaired) electrons. The van der Waals surface area contributed by atoms with E-state index in [4.69, 9.17) is 14.3 Å². The maximum atomic E-state index is 13.3. The van der Waals surface area contributed by atoms with Crippen LogP contribution in [0.2, 0.25) is 0 Å². The third-order valence-corrected chi connectivity index (χ3v) is 8.36. The normalized spacial score (nSPS) is 19.1. The molecule has 0 unspecified atom stereocenters. The van der Waals surface area contributed by atoms with Crippen molar-refractivity contribution in [3.05, 3.63) is 41.2 Å². The fourth-order valence-corrected chi connectivity index (χ4v) is 5.75. The summed E-state index contributed by atoms with van der Waals surface area (Å²) in [7, 11) is -3.86. The maximum absolute atomic E-state index is 13.3. The Balaban J connectivity index is 1.47. The molecule has 15 heteroatoms. The van der Waals surface area contributed by atoms with E-state index in [2.05, 4.69) is 15.5 Å². The molecule has 0 aliphatic carbocycles. The summed E-state index contributed by atoms with van der Waals surface area (Å²) in [5, 5.41) is 5.96. The van der Waals surface area contributed by atoms with E-state index in [-0.39, 0.29) is 53.6 Å². The molecule has 0 spiro atoms. The van der Waals surface area contributed by atoms with Gasteiger partial charge >= 0.3 is 6.09 Å². The number of oxime groups is 1. The van der Waals surface area contributed by atoms with Crippen LogP contribution < -0.4 is 5.32 Å². The minimum Gasteiger partial charge on any atom is -0.444 e. The number of hydrogen-bond donors (Lipinski definition) is 1.